The quantitative estimate of drug-likeness (QED) is 0.183. The summed E-state index contributed by atoms with van der Waals surface area (Å²) in [6.07, 6.45) is 21.4. The Morgan fingerprint density at radius 2 is 1.04 bits per heavy atom. The van der Waals surface area contributed by atoms with Gasteiger partial charge in [-0.15, -0.1) is 0 Å². The molecule has 0 radical (unpaired) electrons. The predicted molar refractivity (Wildman–Crippen MR) is 114 cm³/mol. The van der Waals surface area contributed by atoms with Gasteiger partial charge in [-0.25, -0.2) is 4.42 Å². The summed E-state index contributed by atoms with van der Waals surface area (Å²) in [5.41, 5.74) is -0.989. The first-order chi connectivity index (χ1) is 12.4. The first-order valence-corrected chi connectivity index (χ1v) is 11.4. The highest BCUT2D eigenvalue weighted by molar-refractivity contribution is 6.15. The van der Waals surface area contributed by atoms with Crippen LogP contribution in [0.4, 0.5) is 0 Å². The highest BCUT2D eigenvalue weighted by atomic mass is 35.5. The number of hydrogen-bond acceptors (Lipinski definition) is 2. The SMILES string of the molecule is CCCCCCCCCCCCCCCCCCN(Cl)C(C)(C)C(=O)O. The second-order valence-corrected chi connectivity index (χ2v) is 8.66. The van der Waals surface area contributed by atoms with Crippen LogP contribution in [0.15, 0.2) is 0 Å². The average Bonchev–Trinajstić information content (AvgIpc) is 2.60. The van der Waals surface area contributed by atoms with E-state index in [1.54, 1.807) is 13.8 Å². The van der Waals surface area contributed by atoms with Gasteiger partial charge in [0.1, 0.15) is 5.54 Å². The lowest BCUT2D eigenvalue weighted by Gasteiger charge is -2.28. The maximum absolute atomic E-state index is 11.1. The molecule has 26 heavy (non-hydrogen) atoms. The molecule has 0 rings (SSSR count). The molecule has 0 atom stereocenters. The van der Waals surface area contributed by atoms with Crippen molar-refractivity contribution in [3.05, 3.63) is 0 Å². The molecular formula is C22H44ClNO2. The van der Waals surface area contributed by atoms with Gasteiger partial charge in [-0.2, -0.15) is 0 Å². The average molecular weight is 390 g/mol. The molecule has 156 valence electrons. The normalized spacial score (nSPS) is 12.0. The van der Waals surface area contributed by atoms with Crippen molar-refractivity contribution in [3.8, 4) is 0 Å². The number of halogens is 1. The fourth-order valence-electron chi connectivity index (χ4n) is 3.18. The van der Waals surface area contributed by atoms with E-state index in [0.717, 1.165) is 12.8 Å². The van der Waals surface area contributed by atoms with Gasteiger partial charge in [0.15, 0.2) is 0 Å². The lowest BCUT2D eigenvalue weighted by atomic mass is 10.0. The third-order valence-electron chi connectivity index (χ3n) is 5.34. The van der Waals surface area contributed by atoms with Crippen molar-refractivity contribution in [2.24, 2.45) is 0 Å². The molecule has 0 amide bonds. The number of hydrogen-bond donors (Lipinski definition) is 1. The molecule has 0 spiro atoms. The molecule has 0 aromatic rings. The lowest BCUT2D eigenvalue weighted by Crippen LogP contribution is -2.45. The van der Waals surface area contributed by atoms with E-state index >= 15 is 0 Å². The Morgan fingerprint density at radius 3 is 1.35 bits per heavy atom. The zero-order valence-corrected chi connectivity index (χ0v) is 18.5. The second-order valence-electron chi connectivity index (χ2n) is 8.25. The lowest BCUT2D eigenvalue weighted by molar-refractivity contribution is -0.146. The Bertz CT molecular complexity index is 334. The minimum Gasteiger partial charge on any atom is -0.480 e. The molecule has 0 aliphatic rings. The summed E-state index contributed by atoms with van der Waals surface area (Å²) in [4.78, 5) is 11.1. The molecule has 0 aromatic carbocycles. The van der Waals surface area contributed by atoms with Gasteiger partial charge in [-0.1, -0.05) is 103 Å². The fourth-order valence-corrected chi connectivity index (χ4v) is 3.37. The van der Waals surface area contributed by atoms with Crippen molar-refractivity contribution in [2.75, 3.05) is 6.54 Å². The van der Waals surface area contributed by atoms with Gasteiger partial charge >= 0.3 is 5.97 Å². The smallest absolute Gasteiger partial charge is 0.324 e. The molecule has 0 saturated heterocycles. The van der Waals surface area contributed by atoms with Gasteiger partial charge in [0.05, 0.1) is 0 Å². The maximum atomic E-state index is 11.1. The minimum atomic E-state index is -0.989. The van der Waals surface area contributed by atoms with Crippen LogP contribution in [0.5, 0.6) is 0 Å². The predicted octanol–water partition coefficient (Wildman–Crippen LogP) is 7.57. The number of carboxylic acid groups (broad SMARTS) is 1. The molecule has 0 saturated carbocycles. The van der Waals surface area contributed by atoms with Crippen LogP contribution < -0.4 is 0 Å². The molecule has 0 aliphatic carbocycles. The summed E-state index contributed by atoms with van der Waals surface area (Å²) >= 11 is 6.08. The van der Waals surface area contributed by atoms with Gasteiger partial charge in [-0.05, 0) is 32.0 Å². The van der Waals surface area contributed by atoms with Gasteiger partial charge in [-0.3, -0.25) is 4.79 Å². The van der Waals surface area contributed by atoms with E-state index in [1.807, 2.05) is 0 Å². The summed E-state index contributed by atoms with van der Waals surface area (Å²) in [5.74, 6) is -0.871. The van der Waals surface area contributed by atoms with E-state index in [4.69, 9.17) is 16.9 Å². The van der Waals surface area contributed by atoms with Crippen LogP contribution in [0.25, 0.3) is 0 Å². The third kappa shape index (κ3) is 13.9. The Labute approximate surface area is 168 Å². The Morgan fingerprint density at radius 1 is 0.731 bits per heavy atom. The van der Waals surface area contributed by atoms with Crippen molar-refractivity contribution in [1.29, 1.82) is 0 Å². The fraction of sp³-hybridized carbons (Fsp3) is 0.955. The Hall–Kier alpha value is -0.280. The van der Waals surface area contributed by atoms with Crippen LogP contribution in [0, 0.1) is 0 Å². The van der Waals surface area contributed by atoms with E-state index < -0.39 is 11.5 Å². The van der Waals surface area contributed by atoms with Crippen LogP contribution in [0.2, 0.25) is 0 Å². The maximum Gasteiger partial charge on any atom is 0.324 e. The molecule has 0 heterocycles. The van der Waals surface area contributed by atoms with Gasteiger partial charge < -0.3 is 5.11 Å². The Kier molecular flexibility index (Phi) is 16.7. The largest absolute Gasteiger partial charge is 0.480 e. The summed E-state index contributed by atoms with van der Waals surface area (Å²) in [6.45, 7) is 6.21. The van der Waals surface area contributed by atoms with Crippen LogP contribution in [0.1, 0.15) is 124 Å². The Balaban J connectivity index is 3.26. The van der Waals surface area contributed by atoms with Gasteiger partial charge in [0.2, 0.25) is 0 Å². The van der Waals surface area contributed by atoms with Crippen LogP contribution >= 0.6 is 11.8 Å². The van der Waals surface area contributed by atoms with Crippen molar-refractivity contribution < 1.29 is 9.90 Å². The molecule has 0 bridgehead atoms. The third-order valence-corrected chi connectivity index (χ3v) is 5.93. The topological polar surface area (TPSA) is 40.5 Å². The van der Waals surface area contributed by atoms with E-state index in [1.165, 1.54) is 94.3 Å². The van der Waals surface area contributed by atoms with Gasteiger partial charge in [0.25, 0.3) is 0 Å². The molecule has 3 nitrogen and oxygen atoms in total. The molecule has 1 N–H and O–H groups in total. The summed E-state index contributed by atoms with van der Waals surface area (Å²) in [5, 5.41) is 9.12. The van der Waals surface area contributed by atoms with E-state index in [2.05, 4.69) is 6.92 Å². The van der Waals surface area contributed by atoms with E-state index in [-0.39, 0.29) is 0 Å². The zero-order chi connectivity index (χ0) is 19.7. The molecule has 4 heteroatoms. The highest BCUT2D eigenvalue weighted by Gasteiger charge is 2.33. The second kappa shape index (κ2) is 16.9. The highest BCUT2D eigenvalue weighted by Crippen LogP contribution is 2.19. The number of nitrogens with zero attached hydrogens (tertiary/aromatic N) is 1. The standard InChI is InChI=1S/C22H44ClNO2/c1-4-5-6-7-8-9-10-11-12-13-14-15-16-17-18-19-20-24(23)22(2,3)21(25)26/h4-20H2,1-3H3,(H,25,26). The summed E-state index contributed by atoms with van der Waals surface area (Å²) < 4.78 is 1.43. The van der Waals surface area contributed by atoms with Gasteiger partial charge in [0, 0.05) is 6.54 Å². The molecule has 0 unspecified atom stereocenters. The number of rotatable bonds is 19. The molecular weight excluding hydrogens is 346 g/mol. The molecule has 0 aromatic heterocycles. The number of carbonyl (C=O) groups is 1. The summed E-state index contributed by atoms with van der Waals surface area (Å²) in [7, 11) is 0. The number of unbranched alkanes of at least 4 members (excludes halogenated alkanes) is 15. The number of carboxylic acids is 1. The van der Waals surface area contributed by atoms with Crippen molar-refractivity contribution in [2.45, 2.75) is 129 Å². The van der Waals surface area contributed by atoms with Crippen LogP contribution in [-0.2, 0) is 4.79 Å². The van der Waals surface area contributed by atoms with E-state index in [9.17, 15) is 4.79 Å². The van der Waals surface area contributed by atoms with E-state index in [0.29, 0.717) is 6.54 Å². The van der Waals surface area contributed by atoms with Crippen LogP contribution in [-0.4, -0.2) is 27.6 Å². The number of aliphatic carboxylic acids is 1. The van der Waals surface area contributed by atoms with Crippen molar-refractivity contribution >= 4 is 17.7 Å². The van der Waals surface area contributed by atoms with Crippen molar-refractivity contribution in [1.82, 2.24) is 4.42 Å². The minimum absolute atomic E-state index is 0.638. The van der Waals surface area contributed by atoms with Crippen LogP contribution in [0.3, 0.4) is 0 Å². The van der Waals surface area contributed by atoms with Crippen molar-refractivity contribution in [3.63, 3.8) is 0 Å². The molecule has 0 fully saturated rings. The monoisotopic (exact) mass is 389 g/mol. The first kappa shape index (κ1) is 25.7. The zero-order valence-electron chi connectivity index (χ0n) is 17.7. The molecule has 0 aliphatic heterocycles. The first-order valence-electron chi connectivity index (χ1n) is 11.1. The summed E-state index contributed by atoms with van der Waals surface area (Å²) in [6, 6.07) is 0.